The van der Waals surface area contributed by atoms with Gasteiger partial charge in [-0.25, -0.2) is 9.59 Å². The summed E-state index contributed by atoms with van der Waals surface area (Å²) in [5, 5.41) is 12.9. The van der Waals surface area contributed by atoms with Crippen molar-refractivity contribution in [3.05, 3.63) is 95.1 Å². The van der Waals surface area contributed by atoms with E-state index < -0.39 is 31.3 Å². The quantitative estimate of drug-likeness (QED) is 0.305. The zero-order valence-corrected chi connectivity index (χ0v) is 21.8. The molecule has 1 aliphatic rings. The molecule has 0 aromatic heterocycles. The van der Waals surface area contributed by atoms with Crippen molar-refractivity contribution in [1.82, 2.24) is 5.32 Å². The summed E-state index contributed by atoms with van der Waals surface area (Å²) in [4.78, 5) is 25.1. The van der Waals surface area contributed by atoms with Gasteiger partial charge in [0.15, 0.2) is 5.85 Å². The van der Waals surface area contributed by atoms with Gasteiger partial charge in [-0.1, -0.05) is 72.8 Å². The van der Waals surface area contributed by atoms with Crippen LogP contribution in [0.2, 0.25) is 0 Å². The number of aliphatic hydroxyl groups is 1. The number of benzene rings is 3. The Kier molecular flexibility index (Phi) is 8.13. The monoisotopic (exact) mass is 523 g/mol. The van der Waals surface area contributed by atoms with Crippen LogP contribution in [-0.2, 0) is 29.8 Å². The molecule has 8 nitrogen and oxygen atoms in total. The highest BCUT2D eigenvalue weighted by atomic mass is 31.2. The van der Waals surface area contributed by atoms with Gasteiger partial charge in [0.05, 0.1) is 7.11 Å². The van der Waals surface area contributed by atoms with Crippen LogP contribution in [-0.4, -0.2) is 50.7 Å². The Bertz CT molecular complexity index is 1280. The van der Waals surface area contributed by atoms with Crippen molar-refractivity contribution in [2.45, 2.75) is 24.2 Å². The van der Waals surface area contributed by atoms with E-state index in [4.69, 9.17) is 14.0 Å². The number of hydrogen-bond donors (Lipinski definition) is 2. The molecule has 3 aromatic rings. The molecule has 1 aliphatic carbocycles. The van der Waals surface area contributed by atoms with E-state index >= 15 is 0 Å². The molecule has 0 spiro atoms. The van der Waals surface area contributed by atoms with Gasteiger partial charge < -0.3 is 24.4 Å². The zero-order valence-electron chi connectivity index (χ0n) is 20.9. The molecule has 0 radical (unpaired) electrons. The Labute approximate surface area is 216 Å². The molecule has 37 heavy (non-hydrogen) atoms. The number of alkyl carbamates (subject to hydrolysis) is 1. The van der Waals surface area contributed by atoms with Crippen LogP contribution in [0.4, 0.5) is 4.79 Å². The topological polar surface area (TPSA) is 111 Å². The van der Waals surface area contributed by atoms with Crippen molar-refractivity contribution in [3.63, 3.8) is 0 Å². The van der Waals surface area contributed by atoms with E-state index in [-0.39, 0.29) is 18.9 Å². The number of esters is 1. The minimum Gasteiger partial charge on any atom is -0.467 e. The van der Waals surface area contributed by atoms with Gasteiger partial charge in [0.25, 0.3) is 0 Å². The highest BCUT2D eigenvalue weighted by molar-refractivity contribution is 7.58. The molecule has 0 heterocycles. The average molecular weight is 524 g/mol. The van der Waals surface area contributed by atoms with Gasteiger partial charge in [0, 0.05) is 26.1 Å². The predicted octanol–water partition coefficient (Wildman–Crippen LogP) is 4.85. The average Bonchev–Trinajstić information content (AvgIpc) is 3.24. The number of amides is 1. The summed E-state index contributed by atoms with van der Waals surface area (Å²) in [6.45, 7) is 1.48. The fraction of sp³-hybridized carbons (Fsp3) is 0.286. The molecule has 0 aliphatic heterocycles. The number of aliphatic hydroxyl groups excluding tert-OH is 1. The molecule has 0 saturated heterocycles. The summed E-state index contributed by atoms with van der Waals surface area (Å²) in [7, 11) is -0.685. The van der Waals surface area contributed by atoms with Crippen LogP contribution in [0.5, 0.6) is 0 Å². The normalized spacial score (nSPS) is 15.6. The van der Waals surface area contributed by atoms with Crippen LogP contribution < -0.4 is 5.32 Å². The first kappa shape index (κ1) is 26.6. The number of carbonyl (C=O) groups excluding carboxylic acids is 2. The SMILES string of the molecule is COC(=O)[C@H](Cc1ccc(C(O)P(C)(=O)OC)cc1)NC(=O)OCC1c2ccccc2-c2ccccc21. The second-order valence-electron chi connectivity index (χ2n) is 8.96. The largest absolute Gasteiger partial charge is 0.467 e. The van der Waals surface area contributed by atoms with E-state index in [1.807, 2.05) is 36.4 Å². The number of ether oxygens (including phenoxy) is 2. The lowest BCUT2D eigenvalue weighted by Gasteiger charge is -2.20. The van der Waals surface area contributed by atoms with Crippen molar-refractivity contribution in [1.29, 1.82) is 0 Å². The molecule has 3 aromatic carbocycles. The first-order chi connectivity index (χ1) is 17.7. The van der Waals surface area contributed by atoms with Gasteiger partial charge in [-0.05, 0) is 33.4 Å². The molecule has 0 saturated carbocycles. The van der Waals surface area contributed by atoms with Gasteiger partial charge in [-0.3, -0.25) is 4.57 Å². The number of fused-ring (bicyclic) bond motifs is 3. The van der Waals surface area contributed by atoms with Crippen LogP contribution in [0.15, 0.2) is 72.8 Å². The van der Waals surface area contributed by atoms with E-state index in [0.29, 0.717) is 11.1 Å². The third-order valence-electron chi connectivity index (χ3n) is 6.65. The molecule has 3 atom stereocenters. The lowest BCUT2D eigenvalue weighted by atomic mass is 9.98. The van der Waals surface area contributed by atoms with E-state index in [9.17, 15) is 19.3 Å². The Morgan fingerprint density at radius 3 is 2.05 bits per heavy atom. The minimum absolute atomic E-state index is 0.102. The number of carbonyl (C=O) groups is 2. The number of hydrogen-bond acceptors (Lipinski definition) is 7. The molecule has 2 unspecified atom stereocenters. The first-order valence-corrected chi connectivity index (χ1v) is 14.0. The summed E-state index contributed by atoms with van der Waals surface area (Å²) in [6.07, 6.45) is -0.585. The van der Waals surface area contributed by atoms with Gasteiger partial charge in [-0.2, -0.15) is 0 Å². The van der Waals surface area contributed by atoms with Crippen molar-refractivity contribution in [3.8, 4) is 11.1 Å². The highest BCUT2D eigenvalue weighted by Crippen LogP contribution is 2.54. The molecular formula is C28H30NO7P. The second kappa shape index (κ2) is 11.3. The standard InChI is InChI=1S/C28H30NO7P/c1-34-26(30)25(16-18-12-14-19(15-13-18)27(31)37(3,33)35-2)29-28(32)36-17-24-22-10-6-4-8-20(22)21-9-5-7-11-23(21)24/h4-15,24-25,27,31H,16-17H2,1-3H3,(H,29,32)/t25-,27?,37?/m0/s1. The smallest absolute Gasteiger partial charge is 0.407 e. The van der Waals surface area contributed by atoms with E-state index in [0.717, 1.165) is 22.3 Å². The Balaban J connectivity index is 1.41. The van der Waals surface area contributed by atoms with Crippen molar-refractivity contribution in [2.24, 2.45) is 0 Å². The van der Waals surface area contributed by atoms with Crippen LogP contribution in [0.25, 0.3) is 11.1 Å². The third-order valence-corrected chi connectivity index (χ3v) is 8.56. The van der Waals surface area contributed by atoms with Gasteiger partial charge in [0.2, 0.25) is 7.37 Å². The minimum atomic E-state index is -3.22. The number of rotatable bonds is 9. The molecule has 4 rings (SSSR count). The summed E-state index contributed by atoms with van der Waals surface area (Å²) in [5.74, 6) is -1.98. The molecule has 9 heteroatoms. The summed E-state index contributed by atoms with van der Waals surface area (Å²) < 4.78 is 27.7. The third kappa shape index (κ3) is 5.77. The molecular weight excluding hydrogens is 493 g/mol. The van der Waals surface area contributed by atoms with E-state index in [2.05, 4.69) is 17.4 Å². The maximum Gasteiger partial charge on any atom is 0.407 e. The fourth-order valence-corrected chi connectivity index (χ4v) is 5.46. The van der Waals surface area contributed by atoms with Crippen molar-refractivity contribution in [2.75, 3.05) is 27.5 Å². The molecule has 1 amide bonds. The molecule has 0 fully saturated rings. The van der Waals surface area contributed by atoms with Crippen LogP contribution in [0.3, 0.4) is 0 Å². The van der Waals surface area contributed by atoms with Crippen molar-refractivity contribution >= 4 is 19.4 Å². The van der Waals surface area contributed by atoms with Gasteiger partial charge in [0.1, 0.15) is 12.6 Å². The number of methoxy groups -OCH3 is 1. The Morgan fingerprint density at radius 2 is 1.51 bits per heavy atom. The van der Waals surface area contributed by atoms with Crippen LogP contribution in [0.1, 0.15) is 34.0 Å². The summed E-state index contributed by atoms with van der Waals surface area (Å²) in [6, 6.07) is 21.7. The molecule has 0 bridgehead atoms. The highest BCUT2D eigenvalue weighted by Gasteiger charge is 2.30. The lowest BCUT2D eigenvalue weighted by Crippen LogP contribution is -2.43. The Morgan fingerprint density at radius 1 is 0.946 bits per heavy atom. The summed E-state index contributed by atoms with van der Waals surface area (Å²) in [5.41, 5.74) is 5.56. The number of nitrogens with one attached hydrogen (secondary N) is 1. The Hall–Kier alpha value is -3.45. The molecule has 194 valence electrons. The van der Waals surface area contributed by atoms with E-state index in [1.54, 1.807) is 24.3 Å². The lowest BCUT2D eigenvalue weighted by molar-refractivity contribution is -0.143. The maximum atomic E-state index is 12.7. The maximum absolute atomic E-state index is 12.7. The van der Waals surface area contributed by atoms with Crippen LogP contribution >= 0.6 is 7.37 Å². The van der Waals surface area contributed by atoms with Gasteiger partial charge in [-0.15, -0.1) is 0 Å². The fourth-order valence-electron chi connectivity index (χ4n) is 4.55. The first-order valence-electron chi connectivity index (χ1n) is 11.8. The van der Waals surface area contributed by atoms with Gasteiger partial charge >= 0.3 is 12.1 Å². The zero-order chi connectivity index (χ0) is 26.6. The predicted molar refractivity (Wildman–Crippen MR) is 140 cm³/mol. The summed E-state index contributed by atoms with van der Waals surface area (Å²) >= 11 is 0. The molecule has 2 N–H and O–H groups in total. The van der Waals surface area contributed by atoms with Crippen LogP contribution in [0, 0.1) is 0 Å². The second-order valence-corrected chi connectivity index (χ2v) is 11.6. The van der Waals surface area contributed by atoms with Crippen molar-refractivity contribution < 1.29 is 33.3 Å². The van der Waals surface area contributed by atoms with E-state index in [1.165, 1.54) is 20.9 Å².